The summed E-state index contributed by atoms with van der Waals surface area (Å²) in [5.74, 6) is -0.615. The molecule has 1 saturated heterocycles. The maximum absolute atomic E-state index is 13.0. The molecule has 2 aromatic rings. The number of nitrogens with one attached hydrogen (secondary N) is 2. The second kappa shape index (κ2) is 9.87. The lowest BCUT2D eigenvalue weighted by molar-refractivity contribution is -0.126. The van der Waals surface area contributed by atoms with E-state index in [0.29, 0.717) is 36.4 Å². The monoisotopic (exact) mass is 405 g/mol. The number of carbonyl (C=O) groups excluding carboxylic acids is 3. The van der Waals surface area contributed by atoms with Crippen molar-refractivity contribution in [1.29, 1.82) is 0 Å². The molecule has 3 rings (SSSR count). The van der Waals surface area contributed by atoms with E-state index in [1.54, 1.807) is 41.3 Å². The molecule has 0 bridgehead atoms. The standard InChI is InChI=1S/C24H27N3O3/c1-3-13-25-22(28)19-10-7-14-27(16-19)24(30)18-9-6-11-20(15-18)26-23(29)21-12-5-4-8-17(21)2/h3-6,8-9,11-12,15,19H,1,7,10,13-14,16H2,2H3,(H,25,28)(H,26,29). The molecule has 3 amide bonds. The average Bonchev–Trinajstić information content (AvgIpc) is 2.77. The normalized spacial score (nSPS) is 15.9. The van der Waals surface area contributed by atoms with Crippen molar-refractivity contribution in [3.63, 3.8) is 0 Å². The van der Waals surface area contributed by atoms with Crippen LogP contribution in [0.2, 0.25) is 0 Å². The quantitative estimate of drug-likeness (QED) is 0.723. The molecule has 0 radical (unpaired) electrons. The minimum atomic E-state index is -0.216. The maximum atomic E-state index is 13.0. The zero-order valence-corrected chi connectivity index (χ0v) is 17.2. The van der Waals surface area contributed by atoms with Crippen LogP contribution in [0.1, 0.15) is 39.1 Å². The molecule has 0 spiro atoms. The summed E-state index contributed by atoms with van der Waals surface area (Å²) in [4.78, 5) is 39.5. The van der Waals surface area contributed by atoms with Crippen LogP contribution in [0, 0.1) is 12.8 Å². The van der Waals surface area contributed by atoms with Gasteiger partial charge in [-0.3, -0.25) is 14.4 Å². The second-order valence-corrected chi connectivity index (χ2v) is 7.47. The first-order chi connectivity index (χ1) is 14.5. The van der Waals surface area contributed by atoms with E-state index >= 15 is 0 Å². The summed E-state index contributed by atoms with van der Waals surface area (Å²) in [7, 11) is 0. The van der Waals surface area contributed by atoms with Crippen molar-refractivity contribution >= 4 is 23.4 Å². The number of likely N-dealkylation sites (tertiary alicyclic amines) is 1. The Morgan fingerprint density at radius 3 is 2.73 bits per heavy atom. The van der Waals surface area contributed by atoms with Gasteiger partial charge in [0.2, 0.25) is 5.91 Å². The van der Waals surface area contributed by atoms with Crippen LogP contribution in [0.3, 0.4) is 0 Å². The molecular weight excluding hydrogens is 378 g/mol. The molecule has 30 heavy (non-hydrogen) atoms. The second-order valence-electron chi connectivity index (χ2n) is 7.47. The molecule has 156 valence electrons. The molecule has 6 nitrogen and oxygen atoms in total. The Labute approximate surface area is 177 Å². The van der Waals surface area contributed by atoms with Crippen molar-refractivity contribution in [3.05, 3.63) is 77.9 Å². The van der Waals surface area contributed by atoms with Gasteiger partial charge in [-0.25, -0.2) is 0 Å². The number of nitrogens with zero attached hydrogens (tertiary/aromatic N) is 1. The van der Waals surface area contributed by atoms with E-state index in [0.717, 1.165) is 18.4 Å². The van der Waals surface area contributed by atoms with Crippen molar-refractivity contribution in [1.82, 2.24) is 10.2 Å². The van der Waals surface area contributed by atoms with Crippen molar-refractivity contribution in [2.24, 2.45) is 5.92 Å². The van der Waals surface area contributed by atoms with Crippen LogP contribution in [0.5, 0.6) is 0 Å². The third kappa shape index (κ3) is 5.14. The number of anilines is 1. The van der Waals surface area contributed by atoms with Crippen LogP contribution in [-0.2, 0) is 4.79 Å². The van der Waals surface area contributed by atoms with Crippen LogP contribution in [0.25, 0.3) is 0 Å². The highest BCUT2D eigenvalue weighted by Crippen LogP contribution is 2.21. The molecule has 1 aliphatic rings. The number of hydrogen-bond donors (Lipinski definition) is 2. The van der Waals surface area contributed by atoms with Gasteiger partial charge in [0, 0.05) is 36.4 Å². The number of aryl methyl sites for hydroxylation is 1. The molecule has 1 fully saturated rings. The topological polar surface area (TPSA) is 78.5 Å². The number of amides is 3. The highest BCUT2D eigenvalue weighted by Gasteiger charge is 2.28. The van der Waals surface area contributed by atoms with Gasteiger partial charge in [0.05, 0.1) is 5.92 Å². The Morgan fingerprint density at radius 1 is 1.17 bits per heavy atom. The first kappa shape index (κ1) is 21.3. The van der Waals surface area contributed by atoms with Gasteiger partial charge < -0.3 is 15.5 Å². The van der Waals surface area contributed by atoms with E-state index in [-0.39, 0.29) is 23.6 Å². The maximum Gasteiger partial charge on any atom is 0.255 e. The number of piperidine rings is 1. The van der Waals surface area contributed by atoms with Crippen LogP contribution in [0.15, 0.2) is 61.2 Å². The summed E-state index contributed by atoms with van der Waals surface area (Å²) >= 11 is 0. The highest BCUT2D eigenvalue weighted by molar-refractivity contribution is 6.06. The van der Waals surface area contributed by atoms with E-state index in [4.69, 9.17) is 0 Å². The van der Waals surface area contributed by atoms with E-state index in [2.05, 4.69) is 17.2 Å². The SMILES string of the molecule is C=CCNC(=O)C1CCCN(C(=O)c2cccc(NC(=O)c3ccccc3C)c2)C1. The number of benzene rings is 2. The lowest BCUT2D eigenvalue weighted by Gasteiger charge is -2.32. The summed E-state index contributed by atoms with van der Waals surface area (Å²) in [5.41, 5.74) is 2.53. The van der Waals surface area contributed by atoms with Crippen molar-refractivity contribution in [2.75, 3.05) is 25.0 Å². The molecule has 2 N–H and O–H groups in total. The number of carbonyl (C=O) groups is 3. The molecule has 1 aliphatic heterocycles. The first-order valence-corrected chi connectivity index (χ1v) is 10.1. The Balaban J connectivity index is 1.68. The molecule has 1 unspecified atom stereocenters. The molecule has 0 saturated carbocycles. The lowest BCUT2D eigenvalue weighted by atomic mass is 9.96. The first-order valence-electron chi connectivity index (χ1n) is 10.1. The molecule has 6 heteroatoms. The average molecular weight is 405 g/mol. The third-order valence-electron chi connectivity index (χ3n) is 5.26. The zero-order chi connectivity index (χ0) is 21.5. The molecular formula is C24H27N3O3. The molecule has 1 atom stereocenters. The van der Waals surface area contributed by atoms with Crippen LogP contribution in [-0.4, -0.2) is 42.3 Å². The summed E-state index contributed by atoms with van der Waals surface area (Å²) in [6.07, 6.45) is 3.18. The highest BCUT2D eigenvalue weighted by atomic mass is 16.2. The fourth-order valence-corrected chi connectivity index (χ4v) is 3.63. The van der Waals surface area contributed by atoms with Crippen LogP contribution >= 0.6 is 0 Å². The van der Waals surface area contributed by atoms with Crippen molar-refractivity contribution in [3.8, 4) is 0 Å². The summed E-state index contributed by atoms with van der Waals surface area (Å²) in [5, 5.41) is 5.67. The Bertz CT molecular complexity index is 954. The van der Waals surface area contributed by atoms with E-state index in [1.165, 1.54) is 0 Å². The summed E-state index contributed by atoms with van der Waals surface area (Å²) in [6.45, 7) is 6.91. The number of hydrogen-bond acceptors (Lipinski definition) is 3. The Hall–Kier alpha value is -3.41. The molecule has 0 aliphatic carbocycles. The third-order valence-corrected chi connectivity index (χ3v) is 5.26. The lowest BCUT2D eigenvalue weighted by Crippen LogP contribution is -2.45. The Kier molecular flexibility index (Phi) is 7.01. The van der Waals surface area contributed by atoms with Crippen molar-refractivity contribution < 1.29 is 14.4 Å². The van der Waals surface area contributed by atoms with Crippen LogP contribution in [0.4, 0.5) is 5.69 Å². The fraction of sp³-hybridized carbons (Fsp3) is 0.292. The van der Waals surface area contributed by atoms with Crippen LogP contribution < -0.4 is 10.6 Å². The minimum Gasteiger partial charge on any atom is -0.352 e. The molecule has 2 aromatic carbocycles. The van der Waals surface area contributed by atoms with Gasteiger partial charge in [0.1, 0.15) is 0 Å². The fourth-order valence-electron chi connectivity index (χ4n) is 3.63. The summed E-state index contributed by atoms with van der Waals surface area (Å²) < 4.78 is 0. The van der Waals surface area contributed by atoms with Gasteiger partial charge in [0.25, 0.3) is 11.8 Å². The predicted octanol–water partition coefficient (Wildman–Crippen LogP) is 3.40. The van der Waals surface area contributed by atoms with E-state index in [9.17, 15) is 14.4 Å². The zero-order valence-electron chi connectivity index (χ0n) is 17.2. The smallest absolute Gasteiger partial charge is 0.255 e. The van der Waals surface area contributed by atoms with Crippen molar-refractivity contribution in [2.45, 2.75) is 19.8 Å². The predicted molar refractivity (Wildman–Crippen MR) is 117 cm³/mol. The van der Waals surface area contributed by atoms with E-state index in [1.807, 2.05) is 25.1 Å². The number of rotatable bonds is 6. The molecule has 1 heterocycles. The van der Waals surface area contributed by atoms with Gasteiger partial charge in [-0.2, -0.15) is 0 Å². The van der Waals surface area contributed by atoms with Gasteiger partial charge in [-0.15, -0.1) is 6.58 Å². The minimum absolute atomic E-state index is 0.0494. The van der Waals surface area contributed by atoms with Gasteiger partial charge in [-0.05, 0) is 49.6 Å². The largest absolute Gasteiger partial charge is 0.352 e. The van der Waals surface area contributed by atoms with Gasteiger partial charge in [0.15, 0.2) is 0 Å². The van der Waals surface area contributed by atoms with Gasteiger partial charge in [-0.1, -0.05) is 30.3 Å². The summed E-state index contributed by atoms with van der Waals surface area (Å²) in [6, 6.07) is 14.3. The van der Waals surface area contributed by atoms with Gasteiger partial charge >= 0.3 is 0 Å². The Morgan fingerprint density at radius 2 is 1.97 bits per heavy atom. The molecule has 0 aromatic heterocycles. The van der Waals surface area contributed by atoms with E-state index < -0.39 is 0 Å².